The van der Waals surface area contributed by atoms with Gasteiger partial charge in [0, 0.05) is 17.8 Å². The van der Waals surface area contributed by atoms with Crippen LogP contribution in [0.1, 0.15) is 10.4 Å². The highest BCUT2D eigenvalue weighted by Crippen LogP contribution is 2.13. The average Bonchev–Trinajstić information content (AvgIpc) is 2.76. The van der Waals surface area contributed by atoms with Crippen LogP contribution < -0.4 is 11.0 Å². The Morgan fingerprint density at radius 2 is 2.26 bits per heavy atom. The molecule has 0 bridgehead atoms. The van der Waals surface area contributed by atoms with E-state index in [0.29, 0.717) is 4.96 Å². The number of carbonyl (C=O) groups is 1. The van der Waals surface area contributed by atoms with E-state index in [4.69, 9.17) is 0 Å². The Morgan fingerprint density at radius 3 is 2.95 bits per heavy atom. The standard InChI is InChI=1S/C9H6F3N3O3S/c10-9(11,12)4-18-14-6(16)5-3-13-8-15(7(5)17)1-2-19-8/h1-3H,4H2,(H,14,16). The molecule has 0 aliphatic rings. The molecule has 10 heteroatoms. The van der Waals surface area contributed by atoms with Crippen molar-refractivity contribution in [3.05, 3.63) is 33.7 Å². The van der Waals surface area contributed by atoms with Gasteiger partial charge >= 0.3 is 6.18 Å². The van der Waals surface area contributed by atoms with E-state index in [0.717, 1.165) is 10.6 Å². The van der Waals surface area contributed by atoms with Gasteiger partial charge in [0.2, 0.25) is 0 Å². The summed E-state index contributed by atoms with van der Waals surface area (Å²) >= 11 is 1.18. The summed E-state index contributed by atoms with van der Waals surface area (Å²) in [5, 5.41) is 1.59. The zero-order chi connectivity index (χ0) is 14.0. The predicted molar refractivity (Wildman–Crippen MR) is 58.8 cm³/mol. The van der Waals surface area contributed by atoms with Crippen molar-refractivity contribution in [3.8, 4) is 0 Å². The second-order valence-corrected chi connectivity index (χ2v) is 4.24. The molecule has 0 spiro atoms. The molecule has 2 rings (SSSR count). The predicted octanol–water partition coefficient (Wildman–Crippen LogP) is 0.980. The molecule has 0 aliphatic carbocycles. The molecule has 1 N–H and O–H groups in total. The van der Waals surface area contributed by atoms with E-state index in [1.807, 2.05) is 0 Å². The van der Waals surface area contributed by atoms with Gasteiger partial charge in [0.25, 0.3) is 11.5 Å². The Morgan fingerprint density at radius 1 is 1.53 bits per heavy atom. The number of nitrogens with one attached hydrogen (secondary N) is 1. The molecule has 0 saturated heterocycles. The minimum Gasteiger partial charge on any atom is -0.268 e. The number of nitrogens with zero attached hydrogens (tertiary/aromatic N) is 2. The lowest BCUT2D eigenvalue weighted by Gasteiger charge is -2.07. The first-order valence-corrected chi connectivity index (χ1v) is 5.70. The van der Waals surface area contributed by atoms with E-state index in [1.165, 1.54) is 17.5 Å². The van der Waals surface area contributed by atoms with Crippen LogP contribution in [0, 0.1) is 0 Å². The van der Waals surface area contributed by atoms with Crippen LogP contribution in [0.25, 0.3) is 4.96 Å². The molecule has 0 radical (unpaired) electrons. The topological polar surface area (TPSA) is 72.7 Å². The zero-order valence-corrected chi connectivity index (χ0v) is 9.92. The number of amides is 1. The van der Waals surface area contributed by atoms with Crippen molar-refractivity contribution in [3.63, 3.8) is 0 Å². The van der Waals surface area contributed by atoms with E-state index in [-0.39, 0.29) is 0 Å². The van der Waals surface area contributed by atoms with Gasteiger partial charge in [0.05, 0.1) is 0 Å². The van der Waals surface area contributed by atoms with Crippen molar-refractivity contribution in [2.45, 2.75) is 6.18 Å². The fourth-order valence-corrected chi connectivity index (χ4v) is 1.89. The lowest BCUT2D eigenvalue weighted by molar-refractivity contribution is -0.184. The van der Waals surface area contributed by atoms with Gasteiger partial charge in [-0.15, -0.1) is 11.3 Å². The van der Waals surface area contributed by atoms with Gasteiger partial charge in [0.15, 0.2) is 11.6 Å². The molecule has 0 atom stereocenters. The molecule has 0 aliphatic heterocycles. The van der Waals surface area contributed by atoms with Gasteiger partial charge in [-0.1, -0.05) is 0 Å². The van der Waals surface area contributed by atoms with E-state index in [9.17, 15) is 22.8 Å². The molecule has 6 nitrogen and oxygen atoms in total. The number of halogens is 3. The average molecular weight is 293 g/mol. The number of hydrogen-bond acceptors (Lipinski definition) is 5. The molecule has 0 fully saturated rings. The maximum absolute atomic E-state index is 11.8. The van der Waals surface area contributed by atoms with E-state index in [2.05, 4.69) is 9.82 Å². The molecule has 19 heavy (non-hydrogen) atoms. The molecule has 102 valence electrons. The first-order chi connectivity index (χ1) is 8.88. The Bertz CT molecular complexity index is 664. The summed E-state index contributed by atoms with van der Waals surface area (Å²) in [4.78, 5) is 31.4. The second kappa shape index (κ2) is 4.97. The molecule has 2 heterocycles. The van der Waals surface area contributed by atoms with Gasteiger partial charge in [-0.2, -0.15) is 13.2 Å². The van der Waals surface area contributed by atoms with Crippen LogP contribution in [-0.2, 0) is 4.84 Å². The van der Waals surface area contributed by atoms with Crippen molar-refractivity contribution in [1.29, 1.82) is 0 Å². The Hall–Kier alpha value is -1.94. The van der Waals surface area contributed by atoms with Gasteiger partial charge in [-0.05, 0) is 0 Å². The second-order valence-electron chi connectivity index (χ2n) is 3.37. The first kappa shape index (κ1) is 13.5. The largest absolute Gasteiger partial charge is 0.414 e. The summed E-state index contributed by atoms with van der Waals surface area (Å²) in [7, 11) is 0. The smallest absolute Gasteiger partial charge is 0.268 e. The summed E-state index contributed by atoms with van der Waals surface area (Å²) in [6.07, 6.45) is -2.18. The van der Waals surface area contributed by atoms with Crippen molar-refractivity contribution >= 4 is 22.2 Å². The molecule has 0 aromatic carbocycles. The summed E-state index contributed by atoms with van der Waals surface area (Å²) in [5.74, 6) is -1.08. The number of thiazole rings is 1. The minimum absolute atomic E-state index is 0.373. The van der Waals surface area contributed by atoms with Gasteiger partial charge in [0.1, 0.15) is 5.56 Å². The third kappa shape index (κ3) is 3.09. The monoisotopic (exact) mass is 293 g/mol. The van der Waals surface area contributed by atoms with Crippen LogP contribution in [0.5, 0.6) is 0 Å². The highest BCUT2D eigenvalue weighted by atomic mass is 32.1. The van der Waals surface area contributed by atoms with Crippen molar-refractivity contribution in [2.75, 3.05) is 6.61 Å². The summed E-state index contributed by atoms with van der Waals surface area (Å²) in [5.41, 5.74) is 0.459. The molecular weight excluding hydrogens is 287 g/mol. The Labute approximate surface area is 107 Å². The van der Waals surface area contributed by atoms with Crippen LogP contribution in [-0.4, -0.2) is 28.1 Å². The SMILES string of the molecule is O=C(NOCC(F)(F)F)c1cnc2sccn2c1=O. The third-order valence-corrected chi connectivity index (χ3v) is 2.76. The number of rotatable bonds is 3. The van der Waals surface area contributed by atoms with E-state index in [1.54, 1.807) is 10.9 Å². The number of carbonyl (C=O) groups excluding carboxylic acids is 1. The van der Waals surface area contributed by atoms with Crippen LogP contribution in [0.3, 0.4) is 0 Å². The van der Waals surface area contributed by atoms with E-state index < -0.39 is 29.8 Å². The minimum atomic E-state index is -4.57. The zero-order valence-electron chi connectivity index (χ0n) is 9.10. The fraction of sp³-hybridized carbons (Fsp3) is 0.222. The number of alkyl halides is 3. The van der Waals surface area contributed by atoms with Crippen molar-refractivity contribution in [2.24, 2.45) is 0 Å². The Balaban J connectivity index is 2.13. The Kier molecular flexibility index (Phi) is 3.53. The van der Waals surface area contributed by atoms with Crippen LogP contribution >= 0.6 is 11.3 Å². The molecule has 0 saturated carbocycles. The van der Waals surface area contributed by atoms with Gasteiger partial charge in [-0.25, -0.2) is 10.5 Å². The summed E-state index contributed by atoms with van der Waals surface area (Å²) in [6, 6.07) is 0. The number of hydroxylamine groups is 1. The van der Waals surface area contributed by atoms with Crippen LogP contribution in [0.4, 0.5) is 13.2 Å². The molecule has 2 aromatic heterocycles. The molecule has 0 unspecified atom stereocenters. The quantitative estimate of drug-likeness (QED) is 0.856. The third-order valence-electron chi connectivity index (χ3n) is 1.99. The first-order valence-electron chi connectivity index (χ1n) is 4.82. The number of hydrogen-bond donors (Lipinski definition) is 1. The fourth-order valence-electron chi connectivity index (χ4n) is 1.22. The molecule has 2 aromatic rings. The lowest BCUT2D eigenvalue weighted by atomic mass is 10.3. The summed E-state index contributed by atoms with van der Waals surface area (Å²) < 4.78 is 36.5. The number of aromatic nitrogens is 2. The van der Waals surface area contributed by atoms with Crippen molar-refractivity contribution < 1.29 is 22.8 Å². The maximum Gasteiger partial charge on any atom is 0.414 e. The van der Waals surface area contributed by atoms with E-state index >= 15 is 0 Å². The van der Waals surface area contributed by atoms with Gasteiger partial charge in [-0.3, -0.25) is 18.8 Å². The number of fused-ring (bicyclic) bond motifs is 1. The normalized spacial score (nSPS) is 11.7. The van der Waals surface area contributed by atoms with Gasteiger partial charge < -0.3 is 0 Å². The maximum atomic E-state index is 11.8. The van der Waals surface area contributed by atoms with Crippen LogP contribution in [0.15, 0.2) is 22.6 Å². The highest BCUT2D eigenvalue weighted by molar-refractivity contribution is 7.15. The van der Waals surface area contributed by atoms with Crippen LogP contribution in [0.2, 0.25) is 0 Å². The highest BCUT2D eigenvalue weighted by Gasteiger charge is 2.28. The summed E-state index contributed by atoms with van der Waals surface area (Å²) in [6.45, 7) is -1.64. The lowest BCUT2D eigenvalue weighted by Crippen LogP contribution is -2.33. The molecular formula is C9H6F3N3O3S. The van der Waals surface area contributed by atoms with Crippen molar-refractivity contribution in [1.82, 2.24) is 14.9 Å². The molecule has 1 amide bonds.